The molecule has 0 fully saturated rings. The van der Waals surface area contributed by atoms with Gasteiger partial charge >= 0.3 is 12.3 Å². The van der Waals surface area contributed by atoms with E-state index in [0.29, 0.717) is 17.1 Å². The third kappa shape index (κ3) is 4.87. The van der Waals surface area contributed by atoms with Gasteiger partial charge in [-0.05, 0) is 24.3 Å². The first-order valence-corrected chi connectivity index (χ1v) is 9.74. The maximum absolute atomic E-state index is 13.5. The molecule has 0 unspecified atom stereocenters. The van der Waals surface area contributed by atoms with Gasteiger partial charge in [0.25, 0.3) is 6.17 Å². The van der Waals surface area contributed by atoms with Crippen LogP contribution in [0.2, 0.25) is 0 Å². The molecule has 3 nitrogen and oxygen atoms in total. The Kier molecular flexibility index (Phi) is 5.88. The summed E-state index contributed by atoms with van der Waals surface area (Å²) in [5, 5.41) is 0. The fourth-order valence-electron chi connectivity index (χ4n) is 3.21. The molecule has 0 spiro atoms. The Morgan fingerprint density at radius 1 is 0.697 bits per heavy atom. The summed E-state index contributed by atoms with van der Waals surface area (Å²) in [6.07, 6.45) is -15.3. The SMILES string of the molecule is F[C@@H](C(F)(F)F)C(F)(F)Oc1ccc(-c2nc(-c3ccccc3)c(-c3ccccc3)[nH]2)cc1. The van der Waals surface area contributed by atoms with Crippen LogP contribution < -0.4 is 4.74 Å². The topological polar surface area (TPSA) is 37.9 Å². The van der Waals surface area contributed by atoms with Gasteiger partial charge in [-0.15, -0.1) is 0 Å². The van der Waals surface area contributed by atoms with Crippen molar-refractivity contribution in [1.82, 2.24) is 9.97 Å². The van der Waals surface area contributed by atoms with E-state index in [2.05, 4.69) is 14.7 Å². The van der Waals surface area contributed by atoms with Gasteiger partial charge < -0.3 is 9.72 Å². The number of imidazole rings is 1. The highest BCUT2D eigenvalue weighted by Gasteiger charge is 2.59. The van der Waals surface area contributed by atoms with Crippen LogP contribution in [0.4, 0.5) is 26.3 Å². The van der Waals surface area contributed by atoms with Crippen molar-refractivity contribution in [1.29, 1.82) is 0 Å². The first-order chi connectivity index (χ1) is 15.6. The number of hydrogen-bond acceptors (Lipinski definition) is 2. The predicted molar refractivity (Wildman–Crippen MR) is 111 cm³/mol. The molecular weight excluding hydrogens is 446 g/mol. The molecule has 0 aliphatic rings. The maximum Gasteiger partial charge on any atom is 0.439 e. The number of rotatable bonds is 6. The summed E-state index contributed by atoms with van der Waals surface area (Å²) < 4.78 is 81.0. The van der Waals surface area contributed by atoms with Gasteiger partial charge in [-0.3, -0.25) is 0 Å². The first kappa shape index (κ1) is 22.4. The molecule has 0 saturated heterocycles. The largest absolute Gasteiger partial charge is 0.439 e. The van der Waals surface area contributed by atoms with Crippen LogP contribution in [0.3, 0.4) is 0 Å². The molecule has 170 valence electrons. The van der Waals surface area contributed by atoms with Gasteiger partial charge in [0.05, 0.1) is 11.4 Å². The monoisotopic (exact) mass is 462 g/mol. The molecular formula is C24H16F6N2O. The Morgan fingerprint density at radius 3 is 1.79 bits per heavy atom. The van der Waals surface area contributed by atoms with Gasteiger partial charge in [-0.25, -0.2) is 9.37 Å². The highest BCUT2D eigenvalue weighted by molar-refractivity contribution is 5.81. The second-order valence-electron chi connectivity index (χ2n) is 7.13. The number of benzene rings is 3. The van der Waals surface area contributed by atoms with Crippen molar-refractivity contribution in [2.75, 3.05) is 0 Å². The summed E-state index contributed by atoms with van der Waals surface area (Å²) in [4.78, 5) is 7.85. The normalized spacial score (nSPS) is 13.0. The number of nitrogens with one attached hydrogen (secondary N) is 1. The fourth-order valence-corrected chi connectivity index (χ4v) is 3.21. The third-order valence-corrected chi connectivity index (χ3v) is 4.78. The van der Waals surface area contributed by atoms with E-state index in [1.165, 1.54) is 12.1 Å². The zero-order chi connectivity index (χ0) is 23.6. The lowest BCUT2D eigenvalue weighted by Crippen LogP contribution is -2.45. The van der Waals surface area contributed by atoms with Gasteiger partial charge in [0.1, 0.15) is 11.6 Å². The van der Waals surface area contributed by atoms with Gasteiger partial charge in [0, 0.05) is 16.7 Å². The van der Waals surface area contributed by atoms with Crippen molar-refractivity contribution in [3.63, 3.8) is 0 Å². The van der Waals surface area contributed by atoms with Crippen molar-refractivity contribution >= 4 is 0 Å². The molecule has 0 saturated carbocycles. The number of halogens is 6. The summed E-state index contributed by atoms with van der Waals surface area (Å²) in [7, 11) is 0. The van der Waals surface area contributed by atoms with E-state index >= 15 is 0 Å². The van der Waals surface area contributed by atoms with Crippen LogP contribution in [-0.4, -0.2) is 28.4 Å². The van der Waals surface area contributed by atoms with Crippen LogP contribution in [0.25, 0.3) is 33.9 Å². The molecule has 0 radical (unpaired) electrons. The van der Waals surface area contributed by atoms with Crippen LogP contribution in [0.1, 0.15) is 0 Å². The Bertz CT molecular complexity index is 1150. The van der Waals surface area contributed by atoms with Crippen molar-refractivity contribution in [3.8, 4) is 39.7 Å². The summed E-state index contributed by atoms with van der Waals surface area (Å²) >= 11 is 0. The number of aromatic amines is 1. The lowest BCUT2D eigenvalue weighted by molar-refractivity contribution is -0.304. The summed E-state index contributed by atoms with van der Waals surface area (Å²) in [5.74, 6) is -0.210. The summed E-state index contributed by atoms with van der Waals surface area (Å²) in [6.45, 7) is 0. The summed E-state index contributed by atoms with van der Waals surface area (Å²) in [6, 6.07) is 23.5. The predicted octanol–water partition coefficient (Wildman–Crippen LogP) is 7.28. The lowest BCUT2D eigenvalue weighted by atomic mass is 10.1. The van der Waals surface area contributed by atoms with Crippen LogP contribution in [0.5, 0.6) is 5.75 Å². The molecule has 0 bridgehead atoms. The zero-order valence-corrected chi connectivity index (χ0v) is 16.8. The fraction of sp³-hybridized carbons (Fsp3) is 0.125. The van der Waals surface area contributed by atoms with E-state index in [9.17, 15) is 26.3 Å². The second-order valence-corrected chi connectivity index (χ2v) is 7.13. The molecule has 1 atom stereocenters. The number of aromatic nitrogens is 2. The van der Waals surface area contributed by atoms with Gasteiger partial charge in [-0.1, -0.05) is 60.7 Å². The van der Waals surface area contributed by atoms with Gasteiger partial charge in [0.15, 0.2) is 0 Å². The van der Waals surface area contributed by atoms with Crippen LogP contribution in [-0.2, 0) is 0 Å². The van der Waals surface area contributed by atoms with E-state index in [0.717, 1.165) is 29.0 Å². The van der Waals surface area contributed by atoms with Crippen molar-refractivity contribution in [2.45, 2.75) is 18.5 Å². The maximum atomic E-state index is 13.5. The Labute approximate surface area is 184 Å². The van der Waals surface area contributed by atoms with Crippen LogP contribution in [0.15, 0.2) is 84.9 Å². The Balaban J connectivity index is 1.66. The molecule has 0 aliphatic carbocycles. The molecule has 0 amide bonds. The zero-order valence-electron chi connectivity index (χ0n) is 16.8. The van der Waals surface area contributed by atoms with Crippen molar-refractivity contribution in [3.05, 3.63) is 84.9 Å². The molecule has 4 aromatic rings. The number of ether oxygens (including phenoxy) is 1. The molecule has 1 aromatic heterocycles. The first-order valence-electron chi connectivity index (χ1n) is 9.74. The standard InChI is InChI=1S/C24H16F6N2O/c25-22(23(26,27)28)24(29,30)33-18-13-11-17(12-14-18)21-31-19(15-7-3-1-4-8-15)20(32-21)16-9-5-2-6-10-16/h1-14,22H,(H,31,32)/t22-/m0/s1. The second kappa shape index (κ2) is 8.65. The molecule has 33 heavy (non-hydrogen) atoms. The average Bonchev–Trinajstić information content (AvgIpc) is 3.25. The van der Waals surface area contributed by atoms with Crippen LogP contribution >= 0.6 is 0 Å². The highest BCUT2D eigenvalue weighted by atomic mass is 19.4. The summed E-state index contributed by atoms with van der Waals surface area (Å²) in [5.41, 5.74) is 3.58. The lowest BCUT2D eigenvalue weighted by Gasteiger charge is -2.23. The van der Waals surface area contributed by atoms with Gasteiger partial charge in [-0.2, -0.15) is 22.0 Å². The van der Waals surface area contributed by atoms with Crippen molar-refractivity contribution < 1.29 is 31.1 Å². The van der Waals surface area contributed by atoms with Gasteiger partial charge in [0.2, 0.25) is 0 Å². The number of alkyl halides is 6. The third-order valence-electron chi connectivity index (χ3n) is 4.78. The Morgan fingerprint density at radius 2 is 1.24 bits per heavy atom. The molecule has 1 N–H and O–H groups in total. The van der Waals surface area contributed by atoms with E-state index in [4.69, 9.17) is 0 Å². The molecule has 3 aromatic carbocycles. The van der Waals surface area contributed by atoms with Crippen molar-refractivity contribution in [2.24, 2.45) is 0 Å². The minimum absolute atomic E-state index is 0.407. The molecule has 1 heterocycles. The van der Waals surface area contributed by atoms with E-state index in [1.54, 1.807) is 0 Å². The minimum atomic E-state index is -5.75. The average molecular weight is 462 g/mol. The number of H-pyrrole nitrogens is 1. The van der Waals surface area contributed by atoms with E-state index < -0.39 is 24.2 Å². The van der Waals surface area contributed by atoms with E-state index in [-0.39, 0.29) is 0 Å². The van der Waals surface area contributed by atoms with E-state index in [1.807, 2.05) is 60.7 Å². The molecule has 4 rings (SSSR count). The van der Waals surface area contributed by atoms with Crippen LogP contribution in [0, 0.1) is 0 Å². The highest BCUT2D eigenvalue weighted by Crippen LogP contribution is 2.37. The molecule has 9 heteroatoms. The number of nitrogens with zero attached hydrogens (tertiary/aromatic N) is 1. The minimum Gasteiger partial charge on any atom is -0.430 e. The molecule has 0 aliphatic heterocycles. The number of hydrogen-bond donors (Lipinski definition) is 1. The smallest absolute Gasteiger partial charge is 0.430 e. The quantitative estimate of drug-likeness (QED) is 0.306. The Hall–Kier alpha value is -3.75.